The van der Waals surface area contributed by atoms with Gasteiger partial charge < -0.3 is 11.1 Å². The van der Waals surface area contributed by atoms with Gasteiger partial charge >= 0.3 is 0 Å². The third-order valence-electron chi connectivity index (χ3n) is 0.925. The van der Waals surface area contributed by atoms with Crippen molar-refractivity contribution in [2.24, 2.45) is 5.73 Å². The Morgan fingerprint density at radius 1 is 1.64 bits per heavy atom. The molecule has 0 saturated heterocycles. The minimum atomic E-state index is -0.912. The minimum Gasteiger partial charge on any atom is -0.370 e. The van der Waals surface area contributed by atoms with Gasteiger partial charge in [0.15, 0.2) is 0 Å². The Kier molecular flexibility index (Phi) is 3.87. The van der Waals surface area contributed by atoms with Gasteiger partial charge in [0.05, 0.1) is 6.42 Å². The molecule has 2 amide bonds. The van der Waals surface area contributed by atoms with E-state index in [2.05, 4.69) is 5.32 Å². The highest BCUT2D eigenvalue weighted by atomic mass is 16.2. The van der Waals surface area contributed by atoms with Crippen molar-refractivity contribution in [1.29, 1.82) is 0 Å². The van der Waals surface area contributed by atoms with E-state index in [0.717, 1.165) is 0 Å². The van der Waals surface area contributed by atoms with E-state index in [0.29, 0.717) is 0 Å². The molecule has 5 nitrogen and oxygen atoms in total. The summed E-state index contributed by atoms with van der Waals surface area (Å²) in [7, 11) is 0. The summed E-state index contributed by atoms with van der Waals surface area (Å²) in [6, 6.07) is -0.912. The zero-order valence-corrected chi connectivity index (χ0v) is 6.09. The number of carbonyl (C=O) groups excluding carboxylic acids is 3. The van der Waals surface area contributed by atoms with Crippen molar-refractivity contribution in [3.8, 4) is 0 Å². The van der Waals surface area contributed by atoms with Crippen LogP contribution in [0.3, 0.4) is 0 Å². The fourth-order valence-electron chi connectivity index (χ4n) is 0.569. The van der Waals surface area contributed by atoms with Gasteiger partial charge in [0, 0.05) is 6.92 Å². The molecule has 0 bridgehead atoms. The Morgan fingerprint density at radius 2 is 2.18 bits per heavy atom. The van der Waals surface area contributed by atoms with Gasteiger partial charge in [-0.25, -0.2) is 0 Å². The molecule has 0 aliphatic rings. The normalized spacial score (nSPS) is 11.7. The maximum Gasteiger partial charge on any atom is 0.223 e. The van der Waals surface area contributed by atoms with E-state index in [1.54, 1.807) is 0 Å². The Balaban J connectivity index is 3.85. The average molecular weight is 157 g/mol. The predicted octanol–water partition coefficient (Wildman–Crippen LogP) is -1.52. The second-order valence-electron chi connectivity index (χ2n) is 2.04. The SMILES string of the molecule is CC(=O)N[C@@H]([C]=O)CC(N)=O. The van der Waals surface area contributed by atoms with E-state index in [4.69, 9.17) is 5.73 Å². The Labute approximate surface area is 63.9 Å². The largest absolute Gasteiger partial charge is 0.370 e. The molecule has 0 aromatic rings. The summed E-state index contributed by atoms with van der Waals surface area (Å²) >= 11 is 0. The molecular formula is C6H9N2O3. The van der Waals surface area contributed by atoms with Gasteiger partial charge in [-0.1, -0.05) is 0 Å². The van der Waals surface area contributed by atoms with Crippen molar-refractivity contribution >= 4 is 18.1 Å². The van der Waals surface area contributed by atoms with Gasteiger partial charge in [0.2, 0.25) is 18.1 Å². The van der Waals surface area contributed by atoms with Crippen LogP contribution in [0.4, 0.5) is 0 Å². The predicted molar refractivity (Wildman–Crippen MR) is 37.1 cm³/mol. The summed E-state index contributed by atoms with van der Waals surface area (Å²) < 4.78 is 0. The third kappa shape index (κ3) is 5.07. The summed E-state index contributed by atoms with van der Waals surface area (Å²) in [6.45, 7) is 1.24. The van der Waals surface area contributed by atoms with Crippen molar-refractivity contribution in [2.75, 3.05) is 0 Å². The van der Waals surface area contributed by atoms with Crippen LogP contribution >= 0.6 is 0 Å². The lowest BCUT2D eigenvalue weighted by atomic mass is 10.2. The summed E-state index contributed by atoms with van der Waals surface area (Å²) in [5, 5.41) is 2.20. The first-order chi connectivity index (χ1) is 5.06. The van der Waals surface area contributed by atoms with Crippen molar-refractivity contribution in [3.63, 3.8) is 0 Å². The number of amides is 2. The van der Waals surface area contributed by atoms with Crippen molar-refractivity contribution in [2.45, 2.75) is 19.4 Å². The zero-order chi connectivity index (χ0) is 8.85. The lowest BCUT2D eigenvalue weighted by molar-refractivity contribution is -0.120. The van der Waals surface area contributed by atoms with Gasteiger partial charge in [-0.05, 0) is 0 Å². The van der Waals surface area contributed by atoms with Crippen LogP contribution in [0.5, 0.6) is 0 Å². The first kappa shape index (κ1) is 9.61. The molecule has 0 spiro atoms. The maximum atomic E-state index is 10.4. The minimum absolute atomic E-state index is 0.205. The van der Waals surface area contributed by atoms with Gasteiger partial charge in [0.1, 0.15) is 6.04 Å². The highest BCUT2D eigenvalue weighted by Gasteiger charge is 2.11. The average Bonchev–Trinajstić information content (AvgIpc) is 1.84. The van der Waals surface area contributed by atoms with E-state index in [-0.39, 0.29) is 12.3 Å². The monoisotopic (exact) mass is 157 g/mol. The molecule has 1 atom stereocenters. The lowest BCUT2D eigenvalue weighted by Crippen LogP contribution is -2.37. The maximum absolute atomic E-state index is 10.4. The molecule has 0 aromatic carbocycles. The first-order valence-corrected chi connectivity index (χ1v) is 2.99. The van der Waals surface area contributed by atoms with Crippen LogP contribution in [0.1, 0.15) is 13.3 Å². The molecule has 5 heteroatoms. The fraction of sp³-hybridized carbons (Fsp3) is 0.500. The molecule has 1 radical (unpaired) electrons. The second kappa shape index (κ2) is 4.43. The number of hydrogen-bond donors (Lipinski definition) is 2. The summed E-state index contributed by atoms with van der Waals surface area (Å²) in [4.78, 5) is 30.6. The molecule has 0 aliphatic heterocycles. The van der Waals surface area contributed by atoms with E-state index in [9.17, 15) is 14.4 Å². The number of nitrogens with one attached hydrogen (secondary N) is 1. The number of nitrogens with two attached hydrogens (primary N) is 1. The number of carbonyl (C=O) groups is 2. The molecule has 3 N–H and O–H groups in total. The number of hydrogen-bond acceptors (Lipinski definition) is 3. The highest BCUT2D eigenvalue weighted by molar-refractivity contribution is 5.83. The zero-order valence-electron chi connectivity index (χ0n) is 6.09. The smallest absolute Gasteiger partial charge is 0.223 e. The quantitative estimate of drug-likeness (QED) is 0.519. The molecule has 61 valence electrons. The topological polar surface area (TPSA) is 89.3 Å². The molecule has 0 aromatic heterocycles. The van der Waals surface area contributed by atoms with Gasteiger partial charge in [-0.3, -0.25) is 14.4 Å². The molecule has 0 unspecified atom stereocenters. The van der Waals surface area contributed by atoms with Crippen LogP contribution in [0, 0.1) is 0 Å². The molecular weight excluding hydrogens is 148 g/mol. The molecule has 0 heterocycles. The van der Waals surface area contributed by atoms with Crippen molar-refractivity contribution in [3.05, 3.63) is 0 Å². The van der Waals surface area contributed by atoms with Gasteiger partial charge in [-0.2, -0.15) is 0 Å². The Hall–Kier alpha value is -1.39. The summed E-state index contributed by atoms with van der Waals surface area (Å²) in [5.41, 5.74) is 4.78. The van der Waals surface area contributed by atoms with Crippen LogP contribution in [0.25, 0.3) is 0 Å². The van der Waals surface area contributed by atoms with Gasteiger partial charge in [0.25, 0.3) is 0 Å². The second-order valence-corrected chi connectivity index (χ2v) is 2.04. The van der Waals surface area contributed by atoms with E-state index >= 15 is 0 Å². The standard InChI is InChI=1S/C6H9N2O3/c1-4(10)8-5(3-9)2-6(7)11/h5H,2H2,1H3,(H2,7,11)(H,8,10)/t5-/m1/s1. The first-order valence-electron chi connectivity index (χ1n) is 2.99. The van der Waals surface area contributed by atoms with E-state index < -0.39 is 11.9 Å². The Morgan fingerprint density at radius 3 is 2.45 bits per heavy atom. The van der Waals surface area contributed by atoms with Crippen LogP contribution in [0.15, 0.2) is 0 Å². The van der Waals surface area contributed by atoms with Crippen molar-refractivity contribution < 1.29 is 14.4 Å². The fourth-order valence-corrected chi connectivity index (χ4v) is 0.569. The number of primary amides is 1. The molecule has 0 saturated carbocycles. The lowest BCUT2D eigenvalue weighted by Gasteiger charge is -2.06. The van der Waals surface area contributed by atoms with Crippen LogP contribution in [-0.2, 0) is 14.4 Å². The molecule has 0 fully saturated rings. The summed E-state index contributed by atoms with van der Waals surface area (Å²) in [6.07, 6.45) is 1.28. The van der Waals surface area contributed by atoms with E-state index in [1.807, 2.05) is 0 Å². The third-order valence-corrected chi connectivity index (χ3v) is 0.925. The van der Waals surface area contributed by atoms with Crippen LogP contribution < -0.4 is 11.1 Å². The Bertz CT molecular complexity index is 163. The van der Waals surface area contributed by atoms with E-state index in [1.165, 1.54) is 13.2 Å². The molecule has 0 rings (SSSR count). The molecule has 0 aliphatic carbocycles. The van der Waals surface area contributed by atoms with Crippen LogP contribution in [-0.4, -0.2) is 24.1 Å². The summed E-state index contributed by atoms with van der Waals surface area (Å²) in [5.74, 6) is -1.04. The highest BCUT2D eigenvalue weighted by Crippen LogP contribution is 1.85. The van der Waals surface area contributed by atoms with Crippen LogP contribution in [0.2, 0.25) is 0 Å². The van der Waals surface area contributed by atoms with Crippen molar-refractivity contribution in [1.82, 2.24) is 5.32 Å². The molecule has 11 heavy (non-hydrogen) atoms. The number of rotatable bonds is 4. The van der Waals surface area contributed by atoms with Gasteiger partial charge in [-0.15, -0.1) is 0 Å².